The Labute approximate surface area is 106 Å². The summed E-state index contributed by atoms with van der Waals surface area (Å²) >= 11 is 5.96. The van der Waals surface area contributed by atoms with Crippen LogP contribution in [0.15, 0.2) is 36.4 Å². The van der Waals surface area contributed by atoms with Gasteiger partial charge in [0.05, 0.1) is 0 Å². The van der Waals surface area contributed by atoms with E-state index in [9.17, 15) is 0 Å². The average molecular weight is 248 g/mol. The number of aromatic nitrogens is 2. The Hall–Kier alpha value is -1.61. The molecule has 0 radical (unpaired) electrons. The van der Waals surface area contributed by atoms with Crippen molar-refractivity contribution in [3.8, 4) is 0 Å². The Morgan fingerprint density at radius 1 is 1.18 bits per heavy atom. The molecule has 4 heteroatoms. The van der Waals surface area contributed by atoms with Crippen molar-refractivity contribution in [2.24, 2.45) is 0 Å². The lowest BCUT2D eigenvalue weighted by molar-refractivity contribution is 0.875. The van der Waals surface area contributed by atoms with Gasteiger partial charge >= 0.3 is 0 Å². The second-order valence-electron chi connectivity index (χ2n) is 3.75. The van der Waals surface area contributed by atoms with E-state index in [1.54, 1.807) is 6.07 Å². The quantitative estimate of drug-likeness (QED) is 0.835. The minimum absolute atomic E-state index is 0.474. The molecule has 1 aromatic heterocycles. The van der Waals surface area contributed by atoms with Crippen molar-refractivity contribution in [3.63, 3.8) is 0 Å². The molecule has 0 amide bonds. The summed E-state index contributed by atoms with van der Waals surface area (Å²) in [5.41, 5.74) is 1.92. The number of halogens is 1. The molecule has 2 aromatic rings. The van der Waals surface area contributed by atoms with Gasteiger partial charge in [-0.1, -0.05) is 43.1 Å². The van der Waals surface area contributed by atoms with Crippen molar-refractivity contribution >= 4 is 23.2 Å². The number of para-hydroxylation sites is 1. The van der Waals surface area contributed by atoms with E-state index < -0.39 is 0 Å². The summed E-state index contributed by atoms with van der Waals surface area (Å²) < 4.78 is 0. The smallest absolute Gasteiger partial charge is 0.228 e. The molecular weight excluding hydrogens is 234 g/mol. The fraction of sp³-hybridized carbons (Fsp3) is 0.231. The van der Waals surface area contributed by atoms with Crippen LogP contribution in [0.2, 0.25) is 5.15 Å². The van der Waals surface area contributed by atoms with E-state index in [2.05, 4.69) is 22.2 Å². The number of hydrogen-bond donors (Lipinski definition) is 1. The molecule has 17 heavy (non-hydrogen) atoms. The number of rotatable bonds is 4. The zero-order chi connectivity index (χ0) is 12.1. The fourth-order valence-electron chi connectivity index (χ4n) is 1.55. The van der Waals surface area contributed by atoms with E-state index >= 15 is 0 Å². The highest BCUT2D eigenvalue weighted by Crippen LogP contribution is 2.16. The summed E-state index contributed by atoms with van der Waals surface area (Å²) in [6.45, 7) is 2.11. The van der Waals surface area contributed by atoms with Gasteiger partial charge in [-0.3, -0.25) is 0 Å². The van der Waals surface area contributed by atoms with Crippen LogP contribution in [0, 0.1) is 0 Å². The summed E-state index contributed by atoms with van der Waals surface area (Å²) in [4.78, 5) is 8.57. The molecule has 1 aromatic carbocycles. The molecule has 0 atom stereocenters. The van der Waals surface area contributed by atoms with Crippen molar-refractivity contribution < 1.29 is 0 Å². The van der Waals surface area contributed by atoms with Crippen LogP contribution in [0.1, 0.15) is 19.0 Å². The molecule has 0 aliphatic rings. The zero-order valence-corrected chi connectivity index (χ0v) is 10.4. The Balaban J connectivity index is 2.21. The van der Waals surface area contributed by atoms with Crippen LogP contribution in [0.5, 0.6) is 0 Å². The SMILES string of the molecule is CCCc1cc(Cl)nc(Nc2ccccc2)n1. The number of nitrogens with zero attached hydrogens (tertiary/aromatic N) is 2. The summed E-state index contributed by atoms with van der Waals surface area (Å²) in [5.74, 6) is 0.548. The second kappa shape index (κ2) is 5.64. The maximum absolute atomic E-state index is 5.96. The van der Waals surface area contributed by atoms with Crippen molar-refractivity contribution in [1.29, 1.82) is 0 Å². The molecule has 0 spiro atoms. The second-order valence-corrected chi connectivity index (χ2v) is 4.13. The first-order chi connectivity index (χ1) is 8.28. The third-order valence-electron chi connectivity index (χ3n) is 2.28. The van der Waals surface area contributed by atoms with Crippen molar-refractivity contribution in [3.05, 3.63) is 47.2 Å². The topological polar surface area (TPSA) is 37.8 Å². The zero-order valence-electron chi connectivity index (χ0n) is 9.65. The van der Waals surface area contributed by atoms with Crippen molar-refractivity contribution in [2.45, 2.75) is 19.8 Å². The van der Waals surface area contributed by atoms with Gasteiger partial charge in [-0.25, -0.2) is 9.97 Å². The van der Waals surface area contributed by atoms with Gasteiger partial charge in [0.1, 0.15) is 5.15 Å². The Morgan fingerprint density at radius 3 is 2.65 bits per heavy atom. The molecule has 0 bridgehead atoms. The summed E-state index contributed by atoms with van der Waals surface area (Å²) in [6.07, 6.45) is 1.95. The number of aryl methyl sites for hydroxylation is 1. The van der Waals surface area contributed by atoms with Crippen molar-refractivity contribution in [2.75, 3.05) is 5.32 Å². The van der Waals surface area contributed by atoms with E-state index in [1.807, 2.05) is 30.3 Å². The summed E-state index contributed by atoms with van der Waals surface area (Å²) in [5, 5.41) is 3.61. The minimum atomic E-state index is 0.474. The lowest BCUT2D eigenvalue weighted by Gasteiger charge is -2.06. The van der Waals surface area contributed by atoms with Crippen LogP contribution >= 0.6 is 11.6 Å². The van der Waals surface area contributed by atoms with Gasteiger partial charge < -0.3 is 5.32 Å². The fourth-order valence-corrected chi connectivity index (χ4v) is 1.76. The molecule has 0 unspecified atom stereocenters. The highest BCUT2D eigenvalue weighted by molar-refractivity contribution is 6.29. The number of hydrogen-bond acceptors (Lipinski definition) is 3. The lowest BCUT2D eigenvalue weighted by Crippen LogP contribution is -2.00. The summed E-state index contributed by atoms with van der Waals surface area (Å²) in [6, 6.07) is 11.6. The third kappa shape index (κ3) is 3.43. The van der Waals surface area contributed by atoms with Crippen LogP contribution in [0.25, 0.3) is 0 Å². The van der Waals surface area contributed by atoms with Crippen molar-refractivity contribution in [1.82, 2.24) is 9.97 Å². The first-order valence-electron chi connectivity index (χ1n) is 5.63. The monoisotopic (exact) mass is 247 g/mol. The van der Waals surface area contributed by atoms with Gasteiger partial charge in [-0.15, -0.1) is 0 Å². The predicted octanol–water partition coefficient (Wildman–Crippen LogP) is 3.83. The van der Waals surface area contributed by atoms with Gasteiger partial charge in [-0.2, -0.15) is 0 Å². The molecule has 1 N–H and O–H groups in total. The highest BCUT2D eigenvalue weighted by atomic mass is 35.5. The largest absolute Gasteiger partial charge is 0.324 e. The molecule has 0 saturated heterocycles. The van der Waals surface area contributed by atoms with E-state index in [1.165, 1.54) is 0 Å². The average Bonchev–Trinajstić information content (AvgIpc) is 2.30. The Morgan fingerprint density at radius 2 is 1.94 bits per heavy atom. The normalized spacial score (nSPS) is 10.2. The van der Waals surface area contributed by atoms with Crippen LogP contribution < -0.4 is 5.32 Å². The maximum atomic E-state index is 5.96. The van der Waals surface area contributed by atoms with Crippen LogP contribution in [0.4, 0.5) is 11.6 Å². The molecule has 0 fully saturated rings. The minimum Gasteiger partial charge on any atom is -0.324 e. The first-order valence-corrected chi connectivity index (χ1v) is 6.01. The Kier molecular flexibility index (Phi) is 3.94. The van der Waals surface area contributed by atoms with E-state index in [4.69, 9.17) is 11.6 Å². The molecular formula is C13H14ClN3. The number of anilines is 2. The van der Waals surface area contributed by atoms with Gasteiger partial charge in [0.25, 0.3) is 0 Å². The van der Waals surface area contributed by atoms with Gasteiger partial charge in [0, 0.05) is 11.4 Å². The van der Waals surface area contributed by atoms with E-state index in [0.29, 0.717) is 11.1 Å². The van der Waals surface area contributed by atoms with Gasteiger partial charge in [0.15, 0.2) is 0 Å². The molecule has 0 saturated carbocycles. The molecule has 1 heterocycles. The Bertz CT molecular complexity index is 485. The van der Waals surface area contributed by atoms with Crippen LogP contribution in [0.3, 0.4) is 0 Å². The van der Waals surface area contributed by atoms with E-state index in [0.717, 1.165) is 24.2 Å². The molecule has 88 valence electrons. The van der Waals surface area contributed by atoms with E-state index in [-0.39, 0.29) is 0 Å². The maximum Gasteiger partial charge on any atom is 0.228 e. The first kappa shape index (κ1) is 11.9. The third-order valence-corrected chi connectivity index (χ3v) is 2.48. The molecule has 0 aliphatic carbocycles. The van der Waals surface area contributed by atoms with Gasteiger partial charge in [-0.05, 0) is 24.6 Å². The number of benzene rings is 1. The van der Waals surface area contributed by atoms with Crippen LogP contribution in [-0.4, -0.2) is 9.97 Å². The molecule has 3 nitrogen and oxygen atoms in total. The van der Waals surface area contributed by atoms with Crippen LogP contribution in [-0.2, 0) is 6.42 Å². The molecule has 0 aliphatic heterocycles. The molecule has 2 rings (SSSR count). The highest BCUT2D eigenvalue weighted by Gasteiger charge is 2.03. The standard InChI is InChI=1S/C13H14ClN3/c1-2-6-11-9-12(14)17-13(16-11)15-10-7-4-3-5-8-10/h3-5,7-9H,2,6H2,1H3,(H,15,16,17). The number of nitrogens with one attached hydrogen (secondary N) is 1. The van der Waals surface area contributed by atoms with Gasteiger partial charge in [0.2, 0.25) is 5.95 Å². The lowest BCUT2D eigenvalue weighted by atomic mass is 10.2. The summed E-state index contributed by atoms with van der Waals surface area (Å²) in [7, 11) is 0. The predicted molar refractivity (Wildman–Crippen MR) is 70.8 cm³/mol.